The third-order valence-electron chi connectivity index (χ3n) is 3.97. The minimum Gasteiger partial charge on any atom is -0.296 e. The Bertz CT molecular complexity index is 1150. The SMILES string of the molecule is O=C(CSc1nnc(NC(=O)c2cc(C(F)(F)F)cc(C(F)(F)F)c2)s1)c1ccc(Br)cc1. The number of nitrogens with one attached hydrogen (secondary N) is 1. The van der Waals surface area contributed by atoms with Crippen LogP contribution in [0.4, 0.5) is 31.5 Å². The Labute approximate surface area is 198 Å². The van der Waals surface area contributed by atoms with E-state index in [9.17, 15) is 35.9 Å². The molecule has 1 heterocycles. The van der Waals surface area contributed by atoms with Gasteiger partial charge in [-0.05, 0) is 30.3 Å². The zero-order chi connectivity index (χ0) is 24.4. The Morgan fingerprint density at radius 2 is 1.48 bits per heavy atom. The van der Waals surface area contributed by atoms with Gasteiger partial charge in [-0.1, -0.05) is 51.2 Å². The summed E-state index contributed by atoms with van der Waals surface area (Å²) in [6, 6.07) is 7.23. The molecule has 14 heteroatoms. The Morgan fingerprint density at radius 1 is 0.909 bits per heavy atom. The smallest absolute Gasteiger partial charge is 0.296 e. The molecular weight excluding hydrogens is 560 g/mol. The van der Waals surface area contributed by atoms with Crippen LogP contribution in [0.1, 0.15) is 31.8 Å². The molecule has 0 unspecified atom stereocenters. The van der Waals surface area contributed by atoms with Crippen LogP contribution in [0.25, 0.3) is 0 Å². The highest BCUT2D eigenvalue weighted by Crippen LogP contribution is 2.36. The molecule has 0 atom stereocenters. The van der Waals surface area contributed by atoms with Crippen molar-refractivity contribution in [2.45, 2.75) is 16.7 Å². The second kappa shape index (κ2) is 9.81. The number of nitrogens with zero attached hydrogens (tertiary/aromatic N) is 2. The Hall–Kier alpha value is -2.45. The number of rotatable bonds is 6. The van der Waals surface area contributed by atoms with E-state index in [2.05, 4.69) is 31.4 Å². The fourth-order valence-corrected chi connectivity index (χ4v) is 4.33. The summed E-state index contributed by atoms with van der Waals surface area (Å²) in [6.45, 7) is 0. The van der Waals surface area contributed by atoms with Gasteiger partial charge in [0.2, 0.25) is 5.13 Å². The lowest BCUT2D eigenvalue weighted by Gasteiger charge is -2.13. The molecule has 0 aliphatic heterocycles. The maximum atomic E-state index is 13.0. The van der Waals surface area contributed by atoms with Crippen LogP contribution in [0.15, 0.2) is 51.3 Å². The molecule has 0 fully saturated rings. The summed E-state index contributed by atoms with van der Waals surface area (Å²) in [7, 11) is 0. The van der Waals surface area contributed by atoms with Gasteiger partial charge in [-0.15, -0.1) is 10.2 Å². The third-order valence-corrected chi connectivity index (χ3v) is 6.47. The van der Waals surface area contributed by atoms with Gasteiger partial charge in [-0.3, -0.25) is 14.9 Å². The summed E-state index contributed by atoms with van der Waals surface area (Å²) in [5.74, 6) is -1.41. The van der Waals surface area contributed by atoms with E-state index in [4.69, 9.17) is 0 Å². The molecule has 3 rings (SSSR count). The maximum absolute atomic E-state index is 13.0. The maximum Gasteiger partial charge on any atom is 0.416 e. The number of alkyl halides is 6. The molecular formula is C19H10BrF6N3O2S2. The number of carbonyl (C=O) groups is 2. The number of carbonyl (C=O) groups excluding carboxylic acids is 2. The van der Waals surface area contributed by atoms with Crippen molar-refractivity contribution in [1.29, 1.82) is 0 Å². The number of anilines is 1. The second-order valence-corrected chi connectivity index (χ2v) is 9.46. The molecule has 1 N–H and O–H groups in total. The van der Waals surface area contributed by atoms with Gasteiger partial charge in [0, 0.05) is 15.6 Å². The lowest BCUT2D eigenvalue weighted by Crippen LogP contribution is -2.17. The van der Waals surface area contributed by atoms with Crippen LogP contribution >= 0.6 is 39.0 Å². The van der Waals surface area contributed by atoms with Crippen molar-refractivity contribution in [3.63, 3.8) is 0 Å². The summed E-state index contributed by atoms with van der Waals surface area (Å²) in [5, 5.41) is 9.37. The summed E-state index contributed by atoms with van der Waals surface area (Å²) >= 11 is 5.09. The number of thioether (sulfide) groups is 1. The topological polar surface area (TPSA) is 72.0 Å². The van der Waals surface area contributed by atoms with Gasteiger partial charge < -0.3 is 0 Å². The Balaban J connectivity index is 1.70. The quantitative estimate of drug-likeness (QED) is 0.157. The van der Waals surface area contributed by atoms with Crippen LogP contribution in [0.3, 0.4) is 0 Å². The number of ketones is 1. The van der Waals surface area contributed by atoms with Crippen molar-refractivity contribution in [3.8, 4) is 0 Å². The highest BCUT2D eigenvalue weighted by molar-refractivity contribution is 9.10. The number of aromatic nitrogens is 2. The molecule has 2 aromatic carbocycles. The molecule has 0 aliphatic rings. The number of halogens is 7. The Kier molecular flexibility index (Phi) is 7.49. The van der Waals surface area contributed by atoms with E-state index in [-0.39, 0.29) is 27.1 Å². The third kappa shape index (κ3) is 6.77. The standard InChI is InChI=1S/C19H10BrF6N3O2S2/c20-13-3-1-9(2-4-13)14(30)8-32-17-29-28-16(33-17)27-15(31)10-5-11(18(21,22)23)7-12(6-10)19(24,25)26/h1-7H,8H2,(H,27,28,31). The zero-order valence-corrected chi connectivity index (χ0v) is 19.1. The first-order chi connectivity index (χ1) is 15.3. The molecule has 174 valence electrons. The van der Waals surface area contributed by atoms with E-state index in [1.165, 1.54) is 0 Å². The minimum atomic E-state index is -5.08. The van der Waals surface area contributed by atoms with E-state index in [1.54, 1.807) is 24.3 Å². The van der Waals surface area contributed by atoms with Crippen molar-refractivity contribution in [2.24, 2.45) is 0 Å². The van der Waals surface area contributed by atoms with Crippen LogP contribution in [0.5, 0.6) is 0 Å². The minimum absolute atomic E-state index is 0.00673. The van der Waals surface area contributed by atoms with Crippen LogP contribution < -0.4 is 5.32 Å². The summed E-state index contributed by atoms with van der Waals surface area (Å²) in [4.78, 5) is 24.5. The van der Waals surface area contributed by atoms with Gasteiger partial charge in [0.15, 0.2) is 10.1 Å². The van der Waals surface area contributed by atoms with Crippen molar-refractivity contribution < 1.29 is 35.9 Å². The summed E-state index contributed by atoms with van der Waals surface area (Å²) in [5.41, 5.74) is -3.59. The molecule has 0 saturated heterocycles. The van der Waals surface area contributed by atoms with Gasteiger partial charge >= 0.3 is 12.4 Å². The lowest BCUT2D eigenvalue weighted by atomic mass is 10.0. The fourth-order valence-electron chi connectivity index (χ4n) is 2.42. The van der Waals surface area contributed by atoms with Crippen molar-refractivity contribution in [3.05, 3.63) is 69.2 Å². The van der Waals surface area contributed by atoms with E-state index < -0.39 is 35.0 Å². The van der Waals surface area contributed by atoms with Gasteiger partial charge in [0.1, 0.15) is 0 Å². The fraction of sp³-hybridized carbons (Fsp3) is 0.158. The summed E-state index contributed by atoms with van der Waals surface area (Å²) in [6.07, 6.45) is -10.2. The molecule has 0 radical (unpaired) electrons. The van der Waals surface area contributed by atoms with Gasteiger partial charge in [0.05, 0.1) is 16.9 Å². The van der Waals surface area contributed by atoms with E-state index in [0.717, 1.165) is 27.6 Å². The average molecular weight is 570 g/mol. The molecule has 33 heavy (non-hydrogen) atoms. The van der Waals surface area contributed by atoms with Crippen LogP contribution in [0.2, 0.25) is 0 Å². The molecule has 5 nitrogen and oxygen atoms in total. The first-order valence-electron chi connectivity index (χ1n) is 8.69. The number of hydrogen-bond donors (Lipinski definition) is 1. The highest BCUT2D eigenvalue weighted by atomic mass is 79.9. The molecule has 1 aromatic heterocycles. The largest absolute Gasteiger partial charge is 0.416 e. The van der Waals surface area contributed by atoms with Crippen LogP contribution in [0, 0.1) is 0 Å². The molecule has 0 spiro atoms. The summed E-state index contributed by atoms with van der Waals surface area (Å²) < 4.78 is 78.9. The highest BCUT2D eigenvalue weighted by Gasteiger charge is 2.37. The predicted octanol–water partition coefficient (Wildman–Crippen LogP) is 6.57. The predicted molar refractivity (Wildman–Crippen MR) is 114 cm³/mol. The molecule has 0 saturated carbocycles. The second-order valence-electron chi connectivity index (χ2n) is 6.34. The zero-order valence-electron chi connectivity index (χ0n) is 15.9. The first kappa shape index (κ1) is 25.2. The van der Waals surface area contributed by atoms with Crippen molar-refractivity contribution in [2.75, 3.05) is 11.1 Å². The lowest BCUT2D eigenvalue weighted by molar-refractivity contribution is -0.143. The molecule has 3 aromatic rings. The number of Topliss-reactive ketones (excluding diaryl/α,β-unsaturated/α-hetero) is 1. The van der Waals surface area contributed by atoms with Crippen LogP contribution in [-0.4, -0.2) is 27.6 Å². The number of hydrogen-bond acceptors (Lipinski definition) is 6. The number of benzene rings is 2. The Morgan fingerprint density at radius 3 is 2.03 bits per heavy atom. The molecule has 1 amide bonds. The van der Waals surface area contributed by atoms with Gasteiger partial charge in [0.25, 0.3) is 5.91 Å². The van der Waals surface area contributed by atoms with Gasteiger partial charge in [-0.25, -0.2) is 0 Å². The number of amides is 1. The normalized spacial score (nSPS) is 12.0. The first-order valence-corrected chi connectivity index (χ1v) is 11.3. The average Bonchev–Trinajstić information content (AvgIpc) is 3.18. The monoisotopic (exact) mass is 569 g/mol. The molecule has 0 aliphatic carbocycles. The van der Waals surface area contributed by atoms with Crippen LogP contribution in [-0.2, 0) is 12.4 Å². The van der Waals surface area contributed by atoms with E-state index >= 15 is 0 Å². The van der Waals surface area contributed by atoms with Crippen molar-refractivity contribution >= 4 is 55.9 Å². The molecule has 0 bridgehead atoms. The van der Waals surface area contributed by atoms with Crippen molar-refractivity contribution in [1.82, 2.24) is 10.2 Å². The van der Waals surface area contributed by atoms with E-state index in [0.29, 0.717) is 17.7 Å². The van der Waals surface area contributed by atoms with Gasteiger partial charge in [-0.2, -0.15) is 26.3 Å². The van der Waals surface area contributed by atoms with E-state index in [1.807, 2.05) is 0 Å².